The van der Waals surface area contributed by atoms with E-state index in [0.717, 1.165) is 25.9 Å². The largest absolute Gasteiger partial charge is 0.522 e. The first-order valence-electron chi connectivity index (χ1n) is 3.91. The zero-order valence-electron chi connectivity index (χ0n) is 7.54. The van der Waals surface area contributed by atoms with Crippen LogP contribution in [0.4, 0.5) is 13.2 Å². The molecule has 1 fully saturated rings. The molecule has 0 aromatic rings. The van der Waals surface area contributed by atoms with Crippen molar-refractivity contribution in [3.05, 3.63) is 0 Å². The molecule has 90 valence electrons. The Balaban J connectivity index is 0.000000262. The molecule has 1 rings (SSSR count). The lowest BCUT2D eigenvalue weighted by atomic mass is 10.1. The first-order valence-corrected chi connectivity index (χ1v) is 5.35. The Morgan fingerprint density at radius 3 is 1.67 bits per heavy atom. The summed E-state index contributed by atoms with van der Waals surface area (Å²) in [5.41, 5.74) is -5.53. The molecule has 0 spiro atoms. The number of hydrogen-bond acceptors (Lipinski definition) is 4. The van der Waals surface area contributed by atoms with Gasteiger partial charge in [0.15, 0.2) is 0 Å². The molecule has 0 atom stereocenters. The molecule has 9 heteroatoms. The van der Waals surface area contributed by atoms with E-state index in [1.165, 1.54) is 0 Å². The van der Waals surface area contributed by atoms with Gasteiger partial charge >= 0.3 is 15.6 Å². The van der Waals surface area contributed by atoms with Crippen molar-refractivity contribution in [3.8, 4) is 0 Å². The molecule has 0 aliphatic carbocycles. The van der Waals surface area contributed by atoms with Gasteiger partial charge in [-0.1, -0.05) is 0 Å². The van der Waals surface area contributed by atoms with Gasteiger partial charge in [0.25, 0.3) is 0 Å². The molecule has 0 unspecified atom stereocenters. The van der Waals surface area contributed by atoms with Crippen molar-refractivity contribution in [2.45, 2.75) is 18.3 Å². The molecule has 15 heavy (non-hydrogen) atoms. The van der Waals surface area contributed by atoms with E-state index in [9.17, 15) is 18.0 Å². The number of rotatable bonds is 0. The molecular formula is C6H10F3NO4S. The molecule has 5 nitrogen and oxygen atoms in total. The zero-order chi connectivity index (χ0) is 12.1. The van der Waals surface area contributed by atoms with Gasteiger partial charge in [-0.05, 0) is 0 Å². The quantitative estimate of drug-likeness (QED) is 0.477. The smallest absolute Gasteiger partial charge is 0.316 e. The summed E-state index contributed by atoms with van der Waals surface area (Å²) in [7, 11) is -5.84. The third-order valence-electron chi connectivity index (χ3n) is 1.45. The van der Waals surface area contributed by atoms with Gasteiger partial charge in [-0.3, -0.25) is 9.35 Å². The molecule has 1 aliphatic heterocycles. The SMILES string of the molecule is O=C1CCNCC1.O=S(=O)(O)C(F)(F)F. The van der Waals surface area contributed by atoms with E-state index in [1.807, 2.05) is 0 Å². The normalized spacial score (nSPS) is 18.0. The number of piperidine rings is 1. The van der Waals surface area contributed by atoms with E-state index < -0.39 is 15.6 Å². The van der Waals surface area contributed by atoms with E-state index in [4.69, 9.17) is 13.0 Å². The molecule has 0 bridgehead atoms. The summed E-state index contributed by atoms with van der Waals surface area (Å²) in [6, 6.07) is 0. The van der Waals surface area contributed by atoms with Crippen LogP contribution in [0.5, 0.6) is 0 Å². The highest BCUT2D eigenvalue weighted by molar-refractivity contribution is 7.86. The van der Waals surface area contributed by atoms with Crippen LogP contribution in [-0.2, 0) is 14.9 Å². The van der Waals surface area contributed by atoms with E-state index in [-0.39, 0.29) is 0 Å². The third-order valence-corrected chi connectivity index (χ3v) is 2.04. The minimum Gasteiger partial charge on any atom is -0.316 e. The maximum atomic E-state index is 10.7. The van der Waals surface area contributed by atoms with Crippen LogP contribution in [0.25, 0.3) is 0 Å². The second kappa shape index (κ2) is 5.42. The number of hydrogen-bond donors (Lipinski definition) is 2. The number of alkyl halides is 3. The fourth-order valence-electron chi connectivity index (χ4n) is 0.706. The average molecular weight is 249 g/mol. The Morgan fingerprint density at radius 2 is 1.53 bits per heavy atom. The fraction of sp³-hybridized carbons (Fsp3) is 0.833. The maximum Gasteiger partial charge on any atom is 0.522 e. The number of carbonyl (C=O) groups excluding carboxylic acids is 1. The van der Waals surface area contributed by atoms with Crippen molar-refractivity contribution in [2.24, 2.45) is 0 Å². The fourth-order valence-corrected chi connectivity index (χ4v) is 0.706. The van der Waals surface area contributed by atoms with Crippen LogP contribution in [0.15, 0.2) is 0 Å². The van der Waals surface area contributed by atoms with E-state index in [2.05, 4.69) is 5.32 Å². The van der Waals surface area contributed by atoms with Gasteiger partial charge in [-0.25, -0.2) is 0 Å². The monoisotopic (exact) mass is 249 g/mol. The predicted molar refractivity (Wildman–Crippen MR) is 44.7 cm³/mol. The standard InChI is InChI=1S/C5H9NO.CHF3O3S/c7-5-1-3-6-4-2-5;2-1(3,4)8(5,6)7/h6H,1-4H2;(H,5,6,7). The summed E-state index contributed by atoms with van der Waals surface area (Å²) in [6.45, 7) is 1.78. The van der Waals surface area contributed by atoms with Gasteiger partial charge in [0.1, 0.15) is 5.78 Å². The molecule has 1 saturated heterocycles. The van der Waals surface area contributed by atoms with Crippen molar-refractivity contribution >= 4 is 15.9 Å². The van der Waals surface area contributed by atoms with Crippen LogP contribution in [-0.4, -0.2) is 37.4 Å². The lowest BCUT2D eigenvalue weighted by molar-refractivity contribution is -0.119. The van der Waals surface area contributed by atoms with Crippen molar-refractivity contribution in [2.75, 3.05) is 13.1 Å². The summed E-state index contributed by atoms with van der Waals surface area (Å²) < 4.78 is 57.5. The second-order valence-electron chi connectivity index (χ2n) is 2.71. The number of Topliss-reactive ketones (excluding diaryl/α,β-unsaturated/α-hetero) is 1. The number of nitrogens with one attached hydrogen (secondary N) is 1. The van der Waals surface area contributed by atoms with Gasteiger partial charge < -0.3 is 5.32 Å². The van der Waals surface area contributed by atoms with Gasteiger partial charge in [0.2, 0.25) is 0 Å². The molecule has 0 amide bonds. The van der Waals surface area contributed by atoms with Crippen LogP contribution < -0.4 is 5.32 Å². The summed E-state index contributed by atoms with van der Waals surface area (Å²) in [5, 5.41) is 3.09. The van der Waals surface area contributed by atoms with Crippen LogP contribution in [0, 0.1) is 0 Å². The third kappa shape index (κ3) is 6.42. The summed E-state index contributed by atoms with van der Waals surface area (Å²) >= 11 is 0. The van der Waals surface area contributed by atoms with Crippen LogP contribution in [0.1, 0.15) is 12.8 Å². The Labute approximate surface area is 84.4 Å². The van der Waals surface area contributed by atoms with Crippen molar-refractivity contribution in [3.63, 3.8) is 0 Å². The summed E-state index contributed by atoms with van der Waals surface area (Å²) in [4.78, 5) is 10.4. The van der Waals surface area contributed by atoms with E-state index in [1.54, 1.807) is 0 Å². The molecule has 0 aromatic carbocycles. The minimum absolute atomic E-state index is 0.402. The van der Waals surface area contributed by atoms with Crippen LogP contribution >= 0.6 is 0 Å². The maximum absolute atomic E-state index is 10.7. The summed E-state index contributed by atoms with van der Waals surface area (Å²) in [6.07, 6.45) is 1.47. The highest BCUT2D eigenvalue weighted by Crippen LogP contribution is 2.20. The predicted octanol–water partition coefficient (Wildman–Crippen LogP) is 0.333. The molecule has 0 saturated carbocycles. The average Bonchev–Trinajstić information content (AvgIpc) is 2.02. The van der Waals surface area contributed by atoms with Gasteiger partial charge in [-0.2, -0.15) is 21.6 Å². The first-order chi connectivity index (χ1) is 6.64. The minimum atomic E-state index is -5.84. The van der Waals surface area contributed by atoms with Gasteiger partial charge in [-0.15, -0.1) is 0 Å². The van der Waals surface area contributed by atoms with Gasteiger partial charge in [0, 0.05) is 25.9 Å². The summed E-state index contributed by atoms with van der Waals surface area (Å²) in [5.74, 6) is 0.402. The van der Waals surface area contributed by atoms with Crippen molar-refractivity contribution < 1.29 is 30.9 Å². The Bertz CT molecular complexity index is 303. The highest BCUT2D eigenvalue weighted by atomic mass is 32.2. The van der Waals surface area contributed by atoms with Gasteiger partial charge in [0.05, 0.1) is 0 Å². The van der Waals surface area contributed by atoms with Crippen LogP contribution in [0.2, 0.25) is 0 Å². The topological polar surface area (TPSA) is 83.5 Å². The molecule has 0 radical (unpaired) electrons. The number of halogens is 3. The Morgan fingerprint density at radius 1 is 1.20 bits per heavy atom. The molecule has 2 N–H and O–H groups in total. The van der Waals surface area contributed by atoms with Crippen molar-refractivity contribution in [1.29, 1.82) is 0 Å². The number of carbonyl (C=O) groups is 1. The lowest BCUT2D eigenvalue weighted by Gasteiger charge is -2.08. The molecule has 0 aromatic heterocycles. The lowest BCUT2D eigenvalue weighted by Crippen LogP contribution is -2.27. The second-order valence-corrected chi connectivity index (χ2v) is 4.12. The Hall–Kier alpha value is -0.670. The number of ketones is 1. The van der Waals surface area contributed by atoms with E-state index >= 15 is 0 Å². The zero-order valence-corrected chi connectivity index (χ0v) is 8.36. The molecule has 1 heterocycles. The molecular weight excluding hydrogens is 239 g/mol. The Kier molecular flexibility index (Phi) is 5.18. The first kappa shape index (κ1) is 14.3. The molecule has 1 aliphatic rings. The van der Waals surface area contributed by atoms with E-state index in [0.29, 0.717) is 5.78 Å². The highest BCUT2D eigenvalue weighted by Gasteiger charge is 2.44. The van der Waals surface area contributed by atoms with Crippen LogP contribution in [0.3, 0.4) is 0 Å². The van der Waals surface area contributed by atoms with Crippen molar-refractivity contribution in [1.82, 2.24) is 5.32 Å².